The molecule has 0 aromatic carbocycles. The van der Waals surface area contributed by atoms with E-state index in [0.29, 0.717) is 5.92 Å². The normalized spacial score (nSPS) is 9.64. The van der Waals surface area contributed by atoms with Gasteiger partial charge in [0, 0.05) is 6.20 Å². The van der Waals surface area contributed by atoms with Crippen LogP contribution >= 0.6 is 11.6 Å². The molecule has 1 aromatic rings. The lowest BCUT2D eigenvalue weighted by Crippen LogP contribution is -1.93. The first-order chi connectivity index (χ1) is 6.65. The van der Waals surface area contributed by atoms with E-state index in [4.69, 9.17) is 11.6 Å². The van der Waals surface area contributed by atoms with Gasteiger partial charge >= 0.3 is 0 Å². The Morgan fingerprint density at radius 1 is 1.36 bits per heavy atom. The fraction of sp³-hybridized carbons (Fsp3) is 0.583. The maximum Gasteiger partial charge on any atom is 0.0624 e. The molecule has 0 amide bonds. The van der Waals surface area contributed by atoms with Gasteiger partial charge in [-0.25, -0.2) is 0 Å². The summed E-state index contributed by atoms with van der Waals surface area (Å²) in [5.74, 6) is 0.501. The third-order valence-corrected chi connectivity index (χ3v) is 2.27. The van der Waals surface area contributed by atoms with Crippen molar-refractivity contribution in [3.8, 4) is 0 Å². The molecule has 0 unspecified atom stereocenters. The van der Waals surface area contributed by atoms with E-state index in [-0.39, 0.29) is 0 Å². The fourth-order valence-corrected chi connectivity index (χ4v) is 1.37. The van der Waals surface area contributed by atoms with Crippen LogP contribution in [0.3, 0.4) is 0 Å². The molecule has 1 nitrogen and oxygen atoms in total. The molecule has 0 aliphatic rings. The molecule has 0 aliphatic heterocycles. The van der Waals surface area contributed by atoms with Gasteiger partial charge in [-0.15, -0.1) is 0 Å². The van der Waals surface area contributed by atoms with Crippen LogP contribution in [0.2, 0.25) is 5.02 Å². The van der Waals surface area contributed by atoms with Crippen LogP contribution in [0.4, 0.5) is 0 Å². The van der Waals surface area contributed by atoms with Crippen LogP contribution in [0.1, 0.15) is 51.8 Å². The van der Waals surface area contributed by atoms with Crippen molar-refractivity contribution in [3.05, 3.63) is 28.5 Å². The number of hydrogen-bond acceptors (Lipinski definition) is 1. The van der Waals surface area contributed by atoms with Crippen LogP contribution in [0, 0.1) is 0 Å². The van der Waals surface area contributed by atoms with E-state index >= 15 is 0 Å². The van der Waals surface area contributed by atoms with E-state index in [9.17, 15) is 0 Å². The molecule has 2 heteroatoms. The Kier molecular flexibility index (Phi) is 6.56. The molecule has 0 N–H and O–H groups in total. The van der Waals surface area contributed by atoms with Crippen molar-refractivity contribution in [2.75, 3.05) is 0 Å². The van der Waals surface area contributed by atoms with Crippen LogP contribution in [0.25, 0.3) is 0 Å². The maximum absolute atomic E-state index is 6.01. The molecule has 0 radical (unpaired) electrons. The monoisotopic (exact) mass is 213 g/mol. The lowest BCUT2D eigenvalue weighted by molar-refractivity contribution is 0.851. The smallest absolute Gasteiger partial charge is 0.0624 e. The standard InChI is InChI=1S/C10H14ClN.C2H6/c1-4-10-9(11)5-8(6-12-10)7(2)3;1-2/h5-7H,4H2,1-3H3;1-2H3. The minimum Gasteiger partial charge on any atom is -0.259 e. The lowest BCUT2D eigenvalue weighted by Gasteiger charge is -2.06. The molecule has 0 spiro atoms. The summed E-state index contributed by atoms with van der Waals surface area (Å²) in [6.45, 7) is 10.3. The quantitative estimate of drug-likeness (QED) is 0.708. The SMILES string of the molecule is CC.CCc1ncc(C(C)C)cc1Cl. The highest BCUT2D eigenvalue weighted by atomic mass is 35.5. The second-order valence-corrected chi connectivity index (χ2v) is 3.61. The first-order valence-corrected chi connectivity index (χ1v) is 5.67. The van der Waals surface area contributed by atoms with Crippen LogP contribution in [0.5, 0.6) is 0 Å². The first-order valence-electron chi connectivity index (χ1n) is 5.29. The van der Waals surface area contributed by atoms with Gasteiger partial charge in [-0.3, -0.25) is 4.98 Å². The van der Waals surface area contributed by atoms with Gasteiger partial charge in [0.15, 0.2) is 0 Å². The van der Waals surface area contributed by atoms with E-state index in [2.05, 4.69) is 25.8 Å². The molecular weight excluding hydrogens is 194 g/mol. The number of halogens is 1. The average Bonchev–Trinajstić information content (AvgIpc) is 2.20. The molecule has 1 heterocycles. The summed E-state index contributed by atoms with van der Waals surface area (Å²) in [4.78, 5) is 4.29. The van der Waals surface area contributed by atoms with Gasteiger partial charge in [-0.05, 0) is 24.0 Å². The van der Waals surface area contributed by atoms with Crippen LogP contribution in [-0.4, -0.2) is 4.98 Å². The molecule has 1 rings (SSSR count). The van der Waals surface area contributed by atoms with Gasteiger partial charge < -0.3 is 0 Å². The topological polar surface area (TPSA) is 12.9 Å². The van der Waals surface area contributed by atoms with Gasteiger partial charge in [-0.2, -0.15) is 0 Å². The van der Waals surface area contributed by atoms with Gasteiger partial charge in [-0.1, -0.05) is 46.2 Å². The predicted molar refractivity (Wildman–Crippen MR) is 64.1 cm³/mol. The van der Waals surface area contributed by atoms with Crippen molar-refractivity contribution in [1.29, 1.82) is 0 Å². The Morgan fingerprint density at radius 2 is 1.93 bits per heavy atom. The highest BCUT2D eigenvalue weighted by Gasteiger charge is 2.03. The molecule has 0 fully saturated rings. The van der Waals surface area contributed by atoms with E-state index < -0.39 is 0 Å². The molecule has 0 aliphatic carbocycles. The van der Waals surface area contributed by atoms with Crippen molar-refractivity contribution < 1.29 is 0 Å². The molecule has 0 bridgehead atoms. The van der Waals surface area contributed by atoms with Gasteiger partial charge in [0.25, 0.3) is 0 Å². The van der Waals surface area contributed by atoms with Crippen LogP contribution in [0.15, 0.2) is 12.3 Å². The summed E-state index contributed by atoms with van der Waals surface area (Å²) in [7, 11) is 0. The van der Waals surface area contributed by atoms with Gasteiger partial charge in [0.1, 0.15) is 0 Å². The third kappa shape index (κ3) is 3.67. The number of pyridine rings is 1. The number of rotatable bonds is 2. The van der Waals surface area contributed by atoms with Gasteiger partial charge in [0.2, 0.25) is 0 Å². The zero-order chi connectivity index (χ0) is 11.1. The summed E-state index contributed by atoms with van der Waals surface area (Å²) in [6.07, 6.45) is 2.81. The van der Waals surface area contributed by atoms with Crippen molar-refractivity contribution in [2.24, 2.45) is 0 Å². The number of aryl methyl sites for hydroxylation is 1. The van der Waals surface area contributed by atoms with Crippen LogP contribution < -0.4 is 0 Å². The van der Waals surface area contributed by atoms with Crippen molar-refractivity contribution in [1.82, 2.24) is 4.98 Å². The van der Waals surface area contributed by atoms with Crippen molar-refractivity contribution in [2.45, 2.75) is 47.0 Å². The predicted octanol–water partition coefficient (Wildman–Crippen LogP) is 4.45. The summed E-state index contributed by atoms with van der Waals surface area (Å²) in [5.41, 5.74) is 2.19. The van der Waals surface area contributed by atoms with E-state index in [1.54, 1.807) is 0 Å². The summed E-state index contributed by atoms with van der Waals surface area (Å²) >= 11 is 6.01. The second-order valence-electron chi connectivity index (χ2n) is 3.21. The lowest BCUT2D eigenvalue weighted by atomic mass is 10.1. The average molecular weight is 214 g/mol. The maximum atomic E-state index is 6.01. The minimum absolute atomic E-state index is 0.501. The molecule has 80 valence electrons. The summed E-state index contributed by atoms with van der Waals surface area (Å²) in [5, 5.41) is 0.795. The fourth-order valence-electron chi connectivity index (χ4n) is 1.06. The van der Waals surface area contributed by atoms with E-state index in [1.165, 1.54) is 5.56 Å². The zero-order valence-electron chi connectivity index (χ0n) is 9.76. The largest absolute Gasteiger partial charge is 0.259 e. The Morgan fingerprint density at radius 3 is 2.29 bits per heavy atom. The Hall–Kier alpha value is -0.560. The minimum atomic E-state index is 0.501. The molecule has 14 heavy (non-hydrogen) atoms. The van der Waals surface area contributed by atoms with Gasteiger partial charge in [0.05, 0.1) is 10.7 Å². The molecular formula is C12H20ClN. The molecule has 0 atom stereocenters. The van der Waals surface area contributed by atoms with Crippen LogP contribution in [-0.2, 0) is 6.42 Å². The number of hydrogen-bond donors (Lipinski definition) is 0. The van der Waals surface area contributed by atoms with E-state index in [1.807, 2.05) is 26.1 Å². The first kappa shape index (κ1) is 13.4. The second kappa shape index (κ2) is 6.83. The zero-order valence-corrected chi connectivity index (χ0v) is 10.5. The van der Waals surface area contributed by atoms with Crippen molar-refractivity contribution >= 4 is 11.6 Å². The Labute approximate surface area is 92.5 Å². The van der Waals surface area contributed by atoms with Crippen molar-refractivity contribution in [3.63, 3.8) is 0 Å². The Balaban J connectivity index is 0.000000791. The highest BCUT2D eigenvalue weighted by molar-refractivity contribution is 6.31. The number of nitrogens with zero attached hydrogens (tertiary/aromatic N) is 1. The molecule has 0 saturated heterocycles. The summed E-state index contributed by atoms with van der Waals surface area (Å²) in [6, 6.07) is 2.01. The molecule has 1 aromatic heterocycles. The molecule has 0 saturated carbocycles. The van der Waals surface area contributed by atoms with E-state index in [0.717, 1.165) is 17.1 Å². The summed E-state index contributed by atoms with van der Waals surface area (Å²) < 4.78 is 0. The Bertz CT molecular complexity index is 269. The number of aromatic nitrogens is 1. The highest BCUT2D eigenvalue weighted by Crippen LogP contribution is 2.20. The third-order valence-electron chi connectivity index (χ3n) is 1.94.